The Labute approximate surface area is 122 Å². The molecule has 1 heterocycles. The van der Waals surface area contributed by atoms with Gasteiger partial charge in [0.25, 0.3) is 0 Å². The topological polar surface area (TPSA) is 21.7 Å². The van der Waals surface area contributed by atoms with Crippen LogP contribution in [0, 0.1) is 0 Å². The van der Waals surface area contributed by atoms with Crippen molar-refractivity contribution < 1.29 is 9.47 Å². The highest BCUT2D eigenvalue weighted by atomic mass is 16.5. The molecule has 0 N–H and O–H groups in total. The SMILES string of the molecule is CCOc1cc(CN2CCCC[C@H]2CC)ccc1OC. The number of hydrogen-bond donors (Lipinski definition) is 0. The molecule has 1 saturated heterocycles. The van der Waals surface area contributed by atoms with Crippen LogP contribution in [-0.4, -0.2) is 31.2 Å². The van der Waals surface area contributed by atoms with Crippen molar-refractivity contribution in [2.24, 2.45) is 0 Å². The van der Waals surface area contributed by atoms with Gasteiger partial charge in [0.15, 0.2) is 11.5 Å². The zero-order valence-corrected chi connectivity index (χ0v) is 13.0. The molecule has 1 atom stereocenters. The van der Waals surface area contributed by atoms with E-state index in [-0.39, 0.29) is 0 Å². The number of benzene rings is 1. The average molecular weight is 277 g/mol. The minimum absolute atomic E-state index is 0.668. The Morgan fingerprint density at radius 1 is 1.20 bits per heavy atom. The van der Waals surface area contributed by atoms with E-state index < -0.39 is 0 Å². The second-order valence-electron chi connectivity index (χ2n) is 5.45. The predicted molar refractivity (Wildman–Crippen MR) is 82.5 cm³/mol. The molecule has 3 nitrogen and oxygen atoms in total. The van der Waals surface area contributed by atoms with Crippen molar-refractivity contribution in [3.05, 3.63) is 23.8 Å². The van der Waals surface area contributed by atoms with Crippen LogP contribution in [0.1, 0.15) is 45.1 Å². The Hall–Kier alpha value is -1.22. The molecule has 0 spiro atoms. The van der Waals surface area contributed by atoms with E-state index in [1.807, 2.05) is 13.0 Å². The van der Waals surface area contributed by atoms with E-state index >= 15 is 0 Å². The van der Waals surface area contributed by atoms with Crippen LogP contribution in [0.4, 0.5) is 0 Å². The second-order valence-corrected chi connectivity index (χ2v) is 5.45. The molecule has 2 rings (SSSR count). The van der Waals surface area contributed by atoms with Crippen LogP contribution >= 0.6 is 0 Å². The van der Waals surface area contributed by atoms with Gasteiger partial charge in [0.05, 0.1) is 13.7 Å². The van der Waals surface area contributed by atoms with Crippen molar-refractivity contribution in [1.29, 1.82) is 0 Å². The number of nitrogens with zero attached hydrogens (tertiary/aromatic N) is 1. The lowest BCUT2D eigenvalue weighted by atomic mass is 9.99. The summed E-state index contributed by atoms with van der Waals surface area (Å²) in [6, 6.07) is 7.04. The van der Waals surface area contributed by atoms with E-state index in [9.17, 15) is 0 Å². The molecule has 1 aromatic rings. The summed E-state index contributed by atoms with van der Waals surface area (Å²) < 4.78 is 11.0. The third kappa shape index (κ3) is 3.66. The van der Waals surface area contributed by atoms with E-state index in [2.05, 4.69) is 24.0 Å². The smallest absolute Gasteiger partial charge is 0.161 e. The fourth-order valence-electron chi connectivity index (χ4n) is 3.05. The third-order valence-electron chi connectivity index (χ3n) is 4.13. The quantitative estimate of drug-likeness (QED) is 0.788. The standard InChI is InChI=1S/C17H27NO2/c1-4-15-8-6-7-11-18(15)13-14-9-10-16(19-3)17(12-14)20-5-2/h9-10,12,15H,4-8,11,13H2,1-3H3/t15-/m1/s1. The van der Waals surface area contributed by atoms with Gasteiger partial charge in [-0.1, -0.05) is 19.4 Å². The fourth-order valence-corrected chi connectivity index (χ4v) is 3.05. The molecular weight excluding hydrogens is 250 g/mol. The van der Waals surface area contributed by atoms with Gasteiger partial charge in [-0.25, -0.2) is 0 Å². The van der Waals surface area contributed by atoms with Gasteiger partial charge in [-0.2, -0.15) is 0 Å². The van der Waals surface area contributed by atoms with Crippen LogP contribution < -0.4 is 9.47 Å². The van der Waals surface area contributed by atoms with Gasteiger partial charge < -0.3 is 9.47 Å². The molecule has 0 bridgehead atoms. The normalized spacial score (nSPS) is 19.9. The van der Waals surface area contributed by atoms with E-state index in [1.165, 1.54) is 37.8 Å². The van der Waals surface area contributed by atoms with Crippen molar-refractivity contribution in [2.45, 2.75) is 52.1 Å². The highest BCUT2D eigenvalue weighted by Gasteiger charge is 2.21. The predicted octanol–water partition coefficient (Wildman–Crippen LogP) is 3.86. The first kappa shape index (κ1) is 15.2. The molecule has 0 unspecified atom stereocenters. The molecule has 112 valence electrons. The molecular formula is C17H27NO2. The summed E-state index contributed by atoms with van der Waals surface area (Å²) >= 11 is 0. The molecule has 0 aromatic heterocycles. The van der Waals surface area contributed by atoms with Crippen molar-refractivity contribution in [1.82, 2.24) is 4.90 Å². The first-order valence-corrected chi connectivity index (χ1v) is 7.82. The molecule has 20 heavy (non-hydrogen) atoms. The average Bonchev–Trinajstić information content (AvgIpc) is 2.48. The number of likely N-dealkylation sites (tertiary alicyclic amines) is 1. The van der Waals surface area contributed by atoms with Gasteiger partial charge in [-0.05, 0) is 50.4 Å². The zero-order valence-electron chi connectivity index (χ0n) is 13.0. The number of methoxy groups -OCH3 is 1. The Kier molecular flexibility index (Phi) is 5.72. The summed E-state index contributed by atoms with van der Waals surface area (Å²) in [5.41, 5.74) is 1.31. The lowest BCUT2D eigenvalue weighted by Gasteiger charge is -2.35. The maximum absolute atomic E-state index is 5.67. The van der Waals surface area contributed by atoms with Crippen LogP contribution in [-0.2, 0) is 6.54 Å². The van der Waals surface area contributed by atoms with Gasteiger partial charge in [-0.3, -0.25) is 4.90 Å². The molecule has 1 aromatic carbocycles. The van der Waals surface area contributed by atoms with Gasteiger partial charge in [0.1, 0.15) is 0 Å². The largest absolute Gasteiger partial charge is 0.493 e. The Balaban J connectivity index is 2.10. The number of ether oxygens (including phenoxy) is 2. The van der Waals surface area contributed by atoms with Crippen LogP contribution in [0.3, 0.4) is 0 Å². The van der Waals surface area contributed by atoms with Crippen LogP contribution in [0.15, 0.2) is 18.2 Å². The summed E-state index contributed by atoms with van der Waals surface area (Å²) in [4.78, 5) is 2.61. The van der Waals surface area contributed by atoms with Crippen molar-refractivity contribution >= 4 is 0 Å². The summed E-state index contributed by atoms with van der Waals surface area (Å²) in [5.74, 6) is 1.68. The zero-order chi connectivity index (χ0) is 14.4. The van der Waals surface area contributed by atoms with E-state index in [1.54, 1.807) is 7.11 Å². The molecule has 0 saturated carbocycles. The first-order chi connectivity index (χ1) is 9.78. The van der Waals surface area contributed by atoms with Gasteiger partial charge in [-0.15, -0.1) is 0 Å². The van der Waals surface area contributed by atoms with Gasteiger partial charge in [0, 0.05) is 12.6 Å². The molecule has 0 amide bonds. The first-order valence-electron chi connectivity index (χ1n) is 7.82. The Bertz CT molecular complexity index is 419. The van der Waals surface area contributed by atoms with Crippen molar-refractivity contribution in [2.75, 3.05) is 20.3 Å². The second kappa shape index (κ2) is 7.53. The number of rotatable bonds is 6. The van der Waals surface area contributed by atoms with E-state index in [4.69, 9.17) is 9.47 Å². The molecule has 0 radical (unpaired) electrons. The molecule has 1 aliphatic heterocycles. The number of piperidine rings is 1. The maximum atomic E-state index is 5.67. The third-order valence-corrected chi connectivity index (χ3v) is 4.13. The maximum Gasteiger partial charge on any atom is 0.161 e. The summed E-state index contributed by atoms with van der Waals surface area (Å²) in [6.07, 6.45) is 5.28. The summed E-state index contributed by atoms with van der Waals surface area (Å²) in [7, 11) is 1.69. The molecule has 0 aliphatic carbocycles. The lowest BCUT2D eigenvalue weighted by molar-refractivity contribution is 0.136. The van der Waals surface area contributed by atoms with E-state index in [0.717, 1.165) is 24.1 Å². The minimum atomic E-state index is 0.668. The van der Waals surface area contributed by atoms with E-state index in [0.29, 0.717) is 6.61 Å². The highest BCUT2D eigenvalue weighted by Crippen LogP contribution is 2.29. The van der Waals surface area contributed by atoms with Crippen molar-refractivity contribution in [3.63, 3.8) is 0 Å². The molecule has 1 fully saturated rings. The minimum Gasteiger partial charge on any atom is -0.493 e. The van der Waals surface area contributed by atoms with Gasteiger partial charge >= 0.3 is 0 Å². The fraction of sp³-hybridized carbons (Fsp3) is 0.647. The van der Waals surface area contributed by atoms with Crippen LogP contribution in [0.5, 0.6) is 11.5 Å². The Morgan fingerprint density at radius 2 is 2.05 bits per heavy atom. The van der Waals surface area contributed by atoms with Gasteiger partial charge in [0.2, 0.25) is 0 Å². The monoisotopic (exact) mass is 277 g/mol. The van der Waals surface area contributed by atoms with Crippen molar-refractivity contribution in [3.8, 4) is 11.5 Å². The summed E-state index contributed by atoms with van der Waals surface area (Å²) in [6.45, 7) is 7.20. The number of hydrogen-bond acceptors (Lipinski definition) is 3. The Morgan fingerprint density at radius 3 is 2.75 bits per heavy atom. The summed E-state index contributed by atoms with van der Waals surface area (Å²) in [5, 5.41) is 0. The highest BCUT2D eigenvalue weighted by molar-refractivity contribution is 5.43. The molecule has 3 heteroatoms. The van der Waals surface area contributed by atoms with Crippen LogP contribution in [0.25, 0.3) is 0 Å². The van der Waals surface area contributed by atoms with Crippen LogP contribution in [0.2, 0.25) is 0 Å². The lowest BCUT2D eigenvalue weighted by Crippen LogP contribution is -2.38. The molecule has 1 aliphatic rings.